The normalized spacial score (nSPS) is 8.45. The van der Waals surface area contributed by atoms with Gasteiger partial charge < -0.3 is 5.73 Å². The van der Waals surface area contributed by atoms with Crippen LogP contribution in [-0.2, 0) is 0 Å². The molecule has 1 aromatic rings. The van der Waals surface area contributed by atoms with Crippen LogP contribution in [0.15, 0.2) is 18.3 Å². The van der Waals surface area contributed by atoms with E-state index in [-0.39, 0.29) is 18.2 Å². The predicted octanol–water partition coefficient (Wildman–Crippen LogP) is 1.10. The number of amidine groups is 1. The molecule has 0 amide bonds. The molecule has 0 aliphatic carbocycles. The average Bonchev–Trinajstić information content (AvgIpc) is 1.88. The summed E-state index contributed by atoms with van der Waals surface area (Å²) in [6.07, 6.45) is 1.63. The van der Waals surface area contributed by atoms with E-state index in [0.717, 1.165) is 5.56 Å². The Kier molecular flexibility index (Phi) is 3.54. The van der Waals surface area contributed by atoms with E-state index in [2.05, 4.69) is 4.98 Å². The molecule has 1 aromatic heterocycles. The smallest absolute Gasteiger partial charge is 0.142 e. The van der Waals surface area contributed by atoms with Crippen LogP contribution in [0.2, 0.25) is 0 Å². The van der Waals surface area contributed by atoms with Crippen molar-refractivity contribution in [2.45, 2.75) is 6.92 Å². The number of hydrogen-bond donors (Lipinski definition) is 2. The summed E-state index contributed by atoms with van der Waals surface area (Å²) in [4.78, 5) is 3.93. The lowest BCUT2D eigenvalue weighted by atomic mass is 10.2. The van der Waals surface area contributed by atoms with Crippen LogP contribution in [0.1, 0.15) is 11.3 Å². The third-order valence-electron chi connectivity index (χ3n) is 1.26. The van der Waals surface area contributed by atoms with Crippen LogP contribution in [0.25, 0.3) is 0 Å². The van der Waals surface area contributed by atoms with Gasteiger partial charge in [0, 0.05) is 6.20 Å². The quantitative estimate of drug-likeness (QED) is 0.491. The van der Waals surface area contributed by atoms with Gasteiger partial charge in [-0.05, 0) is 18.6 Å². The summed E-state index contributed by atoms with van der Waals surface area (Å²) in [5.41, 5.74) is 6.75. The van der Waals surface area contributed by atoms with Crippen LogP contribution in [0, 0.1) is 12.3 Å². The molecule has 3 nitrogen and oxygen atoms in total. The van der Waals surface area contributed by atoms with Crippen LogP contribution in [-0.4, -0.2) is 10.8 Å². The fraction of sp³-hybridized carbons (Fsp3) is 0.143. The molecule has 3 N–H and O–H groups in total. The SMILES string of the molecule is Cc1cccnc1C(=N)N.Cl. The van der Waals surface area contributed by atoms with Crippen molar-refractivity contribution < 1.29 is 0 Å². The number of nitrogens with zero attached hydrogens (tertiary/aromatic N) is 1. The van der Waals surface area contributed by atoms with Gasteiger partial charge in [-0.1, -0.05) is 6.07 Å². The van der Waals surface area contributed by atoms with E-state index in [4.69, 9.17) is 11.1 Å². The molecule has 0 aromatic carbocycles. The topological polar surface area (TPSA) is 62.8 Å². The second-order valence-corrected chi connectivity index (χ2v) is 2.08. The Bertz CT molecular complexity index is 260. The van der Waals surface area contributed by atoms with Gasteiger partial charge in [-0.15, -0.1) is 12.4 Å². The molecular weight excluding hydrogens is 162 g/mol. The highest BCUT2D eigenvalue weighted by Gasteiger charge is 1.98. The Labute approximate surface area is 71.6 Å². The first-order valence-corrected chi connectivity index (χ1v) is 2.98. The van der Waals surface area contributed by atoms with Gasteiger partial charge >= 0.3 is 0 Å². The van der Waals surface area contributed by atoms with Crippen LogP contribution in [0.3, 0.4) is 0 Å². The Hall–Kier alpha value is -1.09. The lowest BCUT2D eigenvalue weighted by Crippen LogP contribution is -2.14. The first-order chi connectivity index (χ1) is 4.72. The van der Waals surface area contributed by atoms with E-state index in [1.807, 2.05) is 19.1 Å². The molecule has 11 heavy (non-hydrogen) atoms. The fourth-order valence-electron chi connectivity index (χ4n) is 0.768. The molecule has 0 aliphatic heterocycles. The third-order valence-corrected chi connectivity index (χ3v) is 1.26. The highest BCUT2D eigenvalue weighted by Crippen LogP contribution is 2.00. The number of aromatic nitrogens is 1. The number of halogens is 1. The average molecular weight is 172 g/mol. The van der Waals surface area contributed by atoms with E-state index in [1.165, 1.54) is 0 Å². The highest BCUT2D eigenvalue weighted by atomic mass is 35.5. The monoisotopic (exact) mass is 171 g/mol. The molecule has 0 unspecified atom stereocenters. The lowest BCUT2D eigenvalue weighted by Gasteiger charge is -1.98. The Morgan fingerprint density at radius 2 is 2.27 bits per heavy atom. The van der Waals surface area contributed by atoms with Crippen LogP contribution in [0.5, 0.6) is 0 Å². The number of nitrogens with one attached hydrogen (secondary N) is 1. The zero-order valence-electron chi connectivity index (χ0n) is 6.16. The first-order valence-electron chi connectivity index (χ1n) is 2.98. The number of pyridine rings is 1. The molecule has 60 valence electrons. The molecule has 4 heteroatoms. The van der Waals surface area contributed by atoms with E-state index in [9.17, 15) is 0 Å². The molecule has 0 saturated heterocycles. The van der Waals surface area contributed by atoms with Crippen LogP contribution < -0.4 is 5.73 Å². The van der Waals surface area contributed by atoms with Crippen molar-refractivity contribution in [3.8, 4) is 0 Å². The lowest BCUT2D eigenvalue weighted by molar-refractivity contribution is 1.21. The van der Waals surface area contributed by atoms with Gasteiger partial charge in [-0.3, -0.25) is 10.4 Å². The van der Waals surface area contributed by atoms with Crippen molar-refractivity contribution in [3.05, 3.63) is 29.6 Å². The van der Waals surface area contributed by atoms with Crippen molar-refractivity contribution in [2.75, 3.05) is 0 Å². The third kappa shape index (κ3) is 2.20. The molecule has 0 aliphatic rings. The summed E-state index contributed by atoms with van der Waals surface area (Å²) in [7, 11) is 0. The van der Waals surface area contributed by atoms with Crippen molar-refractivity contribution in [1.29, 1.82) is 5.41 Å². The fourth-order valence-corrected chi connectivity index (χ4v) is 0.768. The summed E-state index contributed by atoms with van der Waals surface area (Å²) in [5, 5.41) is 7.09. The Balaban J connectivity index is 0.000001000. The predicted molar refractivity (Wildman–Crippen MR) is 47.2 cm³/mol. The van der Waals surface area contributed by atoms with Gasteiger partial charge in [0.15, 0.2) is 0 Å². The van der Waals surface area contributed by atoms with Crippen molar-refractivity contribution in [3.63, 3.8) is 0 Å². The summed E-state index contributed by atoms with van der Waals surface area (Å²) >= 11 is 0. The molecule has 0 bridgehead atoms. The summed E-state index contributed by atoms with van der Waals surface area (Å²) in [6, 6.07) is 3.70. The van der Waals surface area contributed by atoms with Crippen LogP contribution in [0.4, 0.5) is 0 Å². The van der Waals surface area contributed by atoms with Gasteiger partial charge in [-0.25, -0.2) is 0 Å². The molecule has 0 saturated carbocycles. The van der Waals surface area contributed by atoms with Gasteiger partial charge in [0.1, 0.15) is 11.5 Å². The zero-order valence-corrected chi connectivity index (χ0v) is 6.98. The van der Waals surface area contributed by atoms with Crippen LogP contribution >= 0.6 is 12.4 Å². The first kappa shape index (κ1) is 9.91. The molecule has 0 fully saturated rings. The number of nitrogens with two attached hydrogens (primary N) is 1. The number of rotatable bonds is 1. The molecule has 1 heterocycles. The Morgan fingerprint density at radius 1 is 1.64 bits per heavy atom. The molecule has 1 rings (SSSR count). The minimum atomic E-state index is 0. The number of nitrogen functional groups attached to an aromatic ring is 1. The standard InChI is InChI=1S/C7H9N3.ClH/c1-5-3-2-4-10-6(5)7(8)9;/h2-4H,1H3,(H3,8,9);1H. The Morgan fingerprint density at radius 3 is 2.64 bits per heavy atom. The van der Waals surface area contributed by atoms with E-state index in [1.54, 1.807) is 6.20 Å². The van der Waals surface area contributed by atoms with E-state index >= 15 is 0 Å². The molecular formula is C7H10ClN3. The zero-order chi connectivity index (χ0) is 7.56. The molecule has 0 atom stereocenters. The number of aryl methyl sites for hydroxylation is 1. The maximum atomic E-state index is 7.09. The summed E-state index contributed by atoms with van der Waals surface area (Å²) in [5.74, 6) is 0.0260. The second kappa shape index (κ2) is 3.93. The molecule has 0 radical (unpaired) electrons. The summed E-state index contributed by atoms with van der Waals surface area (Å²) < 4.78 is 0. The maximum absolute atomic E-state index is 7.09. The van der Waals surface area contributed by atoms with Gasteiger partial charge in [0.05, 0.1) is 0 Å². The van der Waals surface area contributed by atoms with Gasteiger partial charge in [-0.2, -0.15) is 0 Å². The van der Waals surface area contributed by atoms with Crippen molar-refractivity contribution in [1.82, 2.24) is 4.98 Å². The molecule has 0 spiro atoms. The maximum Gasteiger partial charge on any atom is 0.142 e. The largest absolute Gasteiger partial charge is 0.382 e. The number of hydrogen-bond acceptors (Lipinski definition) is 2. The minimum absolute atomic E-state index is 0. The van der Waals surface area contributed by atoms with Crippen molar-refractivity contribution >= 4 is 18.2 Å². The van der Waals surface area contributed by atoms with Crippen molar-refractivity contribution in [2.24, 2.45) is 5.73 Å². The summed E-state index contributed by atoms with van der Waals surface area (Å²) in [6.45, 7) is 1.88. The van der Waals surface area contributed by atoms with Gasteiger partial charge in [0.25, 0.3) is 0 Å². The van der Waals surface area contributed by atoms with E-state index < -0.39 is 0 Å². The highest BCUT2D eigenvalue weighted by molar-refractivity contribution is 5.94. The minimum Gasteiger partial charge on any atom is -0.382 e. The van der Waals surface area contributed by atoms with Gasteiger partial charge in [0.2, 0.25) is 0 Å². The van der Waals surface area contributed by atoms with E-state index in [0.29, 0.717) is 5.69 Å². The second-order valence-electron chi connectivity index (χ2n) is 2.08.